The molecule has 6 nitrogen and oxygen atoms in total. The first-order valence-corrected chi connectivity index (χ1v) is 8.44. The van der Waals surface area contributed by atoms with E-state index in [0.717, 1.165) is 15.2 Å². The molecule has 0 bridgehead atoms. The molecule has 0 radical (unpaired) electrons. The summed E-state index contributed by atoms with van der Waals surface area (Å²) in [6.07, 6.45) is -2.73. The first-order chi connectivity index (χ1) is 11.5. The average molecular weight is 422 g/mol. The van der Waals surface area contributed by atoms with Crippen molar-refractivity contribution < 1.29 is 18.0 Å². The predicted molar refractivity (Wildman–Crippen MR) is 88.8 cm³/mol. The number of hydrogen-bond donors (Lipinski definition) is 0. The summed E-state index contributed by atoms with van der Waals surface area (Å²) < 4.78 is 42.0. The number of nitrogens with zero attached hydrogens (tertiary/aromatic N) is 5. The van der Waals surface area contributed by atoms with Crippen molar-refractivity contribution in [3.63, 3.8) is 0 Å². The van der Waals surface area contributed by atoms with Crippen LogP contribution in [-0.4, -0.2) is 37.4 Å². The summed E-state index contributed by atoms with van der Waals surface area (Å²) >= 11 is 3.39. The summed E-state index contributed by atoms with van der Waals surface area (Å²) in [7, 11) is 1.58. The maximum Gasteiger partial charge on any atom is 0.435 e. The molecule has 1 atom stereocenters. The third kappa shape index (κ3) is 4.23. The van der Waals surface area contributed by atoms with Crippen LogP contribution in [0.4, 0.5) is 13.2 Å². The van der Waals surface area contributed by atoms with Crippen LogP contribution in [0.5, 0.6) is 0 Å². The van der Waals surface area contributed by atoms with E-state index in [1.165, 1.54) is 18.7 Å². The van der Waals surface area contributed by atoms with Gasteiger partial charge in [-0.1, -0.05) is 0 Å². The quantitative estimate of drug-likeness (QED) is 0.743. The Morgan fingerprint density at radius 1 is 1.40 bits per heavy atom. The van der Waals surface area contributed by atoms with Crippen LogP contribution in [-0.2, 0) is 24.1 Å². The van der Waals surface area contributed by atoms with Gasteiger partial charge in [0.05, 0.1) is 16.7 Å². The molecule has 0 aliphatic carbocycles. The predicted octanol–water partition coefficient (Wildman–Crippen LogP) is 3.41. The van der Waals surface area contributed by atoms with Crippen molar-refractivity contribution in [1.82, 2.24) is 24.5 Å². The summed E-state index contributed by atoms with van der Waals surface area (Å²) in [5.41, 5.74) is -0.0483. The summed E-state index contributed by atoms with van der Waals surface area (Å²) in [6.45, 7) is 5.89. The molecule has 0 saturated heterocycles. The zero-order valence-electron chi connectivity index (χ0n) is 14.3. The second kappa shape index (κ2) is 7.19. The molecule has 25 heavy (non-hydrogen) atoms. The third-order valence-electron chi connectivity index (χ3n) is 3.81. The molecule has 0 N–H and O–H groups in total. The molecular weight excluding hydrogens is 403 g/mol. The van der Waals surface area contributed by atoms with Gasteiger partial charge < -0.3 is 4.90 Å². The lowest BCUT2D eigenvalue weighted by molar-refractivity contribution is -0.142. The van der Waals surface area contributed by atoms with Gasteiger partial charge >= 0.3 is 6.18 Å². The Hall–Kier alpha value is -1.84. The number of carbonyl (C=O) groups is 1. The summed E-state index contributed by atoms with van der Waals surface area (Å²) in [4.78, 5) is 14.0. The minimum Gasteiger partial charge on any atom is -0.338 e. The number of rotatable bonds is 5. The largest absolute Gasteiger partial charge is 0.435 e. The maximum absolute atomic E-state index is 12.8. The molecule has 1 amide bonds. The molecule has 0 saturated carbocycles. The molecule has 0 spiro atoms. The lowest BCUT2D eigenvalue weighted by Crippen LogP contribution is -2.34. The van der Waals surface area contributed by atoms with Crippen molar-refractivity contribution in [3.8, 4) is 0 Å². The van der Waals surface area contributed by atoms with Crippen molar-refractivity contribution in [2.24, 2.45) is 0 Å². The van der Waals surface area contributed by atoms with Crippen molar-refractivity contribution >= 4 is 21.8 Å². The Bertz CT molecular complexity index is 768. The van der Waals surface area contributed by atoms with E-state index in [1.54, 1.807) is 11.7 Å². The molecule has 2 rings (SSSR count). The monoisotopic (exact) mass is 421 g/mol. The molecule has 2 heterocycles. The minimum absolute atomic E-state index is 0.239. The fourth-order valence-corrected chi connectivity index (χ4v) is 2.89. The molecule has 2 aromatic heterocycles. The van der Waals surface area contributed by atoms with Gasteiger partial charge in [-0.15, -0.1) is 0 Å². The zero-order chi connectivity index (χ0) is 18.9. The molecule has 0 fully saturated rings. The number of likely N-dealkylation sites (N-methyl/N-ethyl adjacent to an activating group) is 1. The van der Waals surface area contributed by atoms with E-state index in [-0.39, 0.29) is 18.1 Å². The van der Waals surface area contributed by atoms with Crippen LogP contribution < -0.4 is 0 Å². The number of alkyl halides is 3. The molecule has 10 heteroatoms. The highest BCUT2D eigenvalue weighted by Crippen LogP contribution is 2.29. The molecule has 2 aromatic rings. The second-order valence-electron chi connectivity index (χ2n) is 5.76. The van der Waals surface area contributed by atoms with Gasteiger partial charge in [0.2, 0.25) is 5.91 Å². The Labute approximate surface area is 151 Å². The summed E-state index contributed by atoms with van der Waals surface area (Å²) in [5.74, 6) is -0.349. The lowest BCUT2D eigenvalue weighted by atomic mass is 10.2. The van der Waals surface area contributed by atoms with E-state index in [0.29, 0.717) is 12.2 Å². The highest BCUT2D eigenvalue weighted by molar-refractivity contribution is 9.10. The van der Waals surface area contributed by atoms with Crippen LogP contribution in [0.2, 0.25) is 0 Å². The molecule has 138 valence electrons. The fraction of sp³-hybridized carbons (Fsp3) is 0.533. The SMILES string of the molecule is CCn1cc(Br)c(CN(C)C(=O)C(C)n2nc(C(F)(F)F)cc2C)n1. The normalized spacial score (nSPS) is 13.1. The number of hydrogen-bond acceptors (Lipinski definition) is 3. The van der Waals surface area contributed by atoms with Gasteiger partial charge in [0, 0.05) is 25.5 Å². The van der Waals surface area contributed by atoms with E-state index < -0.39 is 17.9 Å². The van der Waals surface area contributed by atoms with E-state index in [1.807, 2.05) is 13.1 Å². The van der Waals surface area contributed by atoms with Crippen LogP contribution >= 0.6 is 15.9 Å². The topological polar surface area (TPSA) is 56.0 Å². The van der Waals surface area contributed by atoms with Gasteiger partial charge in [-0.25, -0.2) is 0 Å². The Morgan fingerprint density at radius 2 is 2.04 bits per heavy atom. The van der Waals surface area contributed by atoms with E-state index in [2.05, 4.69) is 26.1 Å². The average Bonchev–Trinajstić information content (AvgIpc) is 3.08. The molecule has 1 unspecified atom stereocenters. The van der Waals surface area contributed by atoms with Gasteiger partial charge in [0.25, 0.3) is 0 Å². The van der Waals surface area contributed by atoms with Crippen molar-refractivity contribution in [1.29, 1.82) is 0 Å². The third-order valence-corrected chi connectivity index (χ3v) is 4.47. The number of amides is 1. The van der Waals surface area contributed by atoms with Crippen LogP contribution in [0.25, 0.3) is 0 Å². The van der Waals surface area contributed by atoms with Crippen molar-refractivity contribution in [3.05, 3.63) is 33.8 Å². The highest BCUT2D eigenvalue weighted by atomic mass is 79.9. The first-order valence-electron chi connectivity index (χ1n) is 7.64. The fourth-order valence-electron chi connectivity index (χ4n) is 2.45. The van der Waals surface area contributed by atoms with Crippen LogP contribution in [0.1, 0.15) is 37.0 Å². The van der Waals surface area contributed by atoms with Crippen molar-refractivity contribution in [2.45, 2.75) is 46.1 Å². The van der Waals surface area contributed by atoms with E-state index in [4.69, 9.17) is 0 Å². The highest BCUT2D eigenvalue weighted by Gasteiger charge is 2.35. The lowest BCUT2D eigenvalue weighted by Gasteiger charge is -2.22. The van der Waals surface area contributed by atoms with Gasteiger partial charge in [0.1, 0.15) is 6.04 Å². The zero-order valence-corrected chi connectivity index (χ0v) is 15.9. The first kappa shape index (κ1) is 19.5. The van der Waals surface area contributed by atoms with Crippen LogP contribution in [0, 0.1) is 6.92 Å². The molecule has 0 aliphatic rings. The van der Waals surface area contributed by atoms with Gasteiger partial charge in [-0.2, -0.15) is 23.4 Å². The summed E-state index contributed by atoms with van der Waals surface area (Å²) in [5, 5.41) is 7.88. The van der Waals surface area contributed by atoms with Crippen LogP contribution in [0.3, 0.4) is 0 Å². The number of halogens is 4. The number of aromatic nitrogens is 4. The van der Waals surface area contributed by atoms with Gasteiger partial charge in [0.15, 0.2) is 5.69 Å². The molecule has 0 aromatic carbocycles. The number of carbonyl (C=O) groups excluding carboxylic acids is 1. The Morgan fingerprint density at radius 3 is 2.52 bits per heavy atom. The number of aryl methyl sites for hydroxylation is 2. The minimum atomic E-state index is -4.54. The van der Waals surface area contributed by atoms with Gasteiger partial charge in [-0.05, 0) is 42.8 Å². The summed E-state index contributed by atoms with van der Waals surface area (Å²) in [6, 6.07) is 0.0802. The molecule has 0 aliphatic heterocycles. The Kier molecular flexibility index (Phi) is 5.60. The Balaban J connectivity index is 2.16. The van der Waals surface area contributed by atoms with Gasteiger partial charge in [-0.3, -0.25) is 14.2 Å². The smallest absolute Gasteiger partial charge is 0.338 e. The standard InChI is InChI=1S/C15H19BrF3N5O/c1-5-23-7-11(16)12(20-23)8-22(4)14(25)10(3)24-9(2)6-13(21-24)15(17,18)19/h6-7,10H,5,8H2,1-4H3. The van der Waals surface area contributed by atoms with E-state index >= 15 is 0 Å². The van der Waals surface area contributed by atoms with Crippen LogP contribution in [0.15, 0.2) is 16.7 Å². The van der Waals surface area contributed by atoms with E-state index in [9.17, 15) is 18.0 Å². The molecular formula is C15H19BrF3N5O. The second-order valence-corrected chi connectivity index (χ2v) is 6.62. The maximum atomic E-state index is 12.8. The van der Waals surface area contributed by atoms with Crippen molar-refractivity contribution in [2.75, 3.05) is 7.05 Å².